The van der Waals surface area contributed by atoms with Crippen molar-refractivity contribution in [2.45, 2.75) is 24.3 Å². The highest BCUT2D eigenvalue weighted by molar-refractivity contribution is 7.89. The van der Waals surface area contributed by atoms with Gasteiger partial charge < -0.3 is 9.47 Å². The number of benzene rings is 1. The molecule has 1 aromatic carbocycles. The van der Waals surface area contributed by atoms with E-state index in [0.717, 1.165) is 32.4 Å². The van der Waals surface area contributed by atoms with Crippen molar-refractivity contribution in [2.75, 3.05) is 14.2 Å². The van der Waals surface area contributed by atoms with Gasteiger partial charge >= 0.3 is 11.9 Å². The standard InChI is InChI=1S/C13H16FNO6S/c1-8-6-9(4-5-10(8)14)22(18,19)15-11(13(17)21-3)7-12(16)20-2/h4-6,11,15H,7H2,1-3H3. The second kappa shape index (κ2) is 7.32. The predicted molar refractivity (Wildman–Crippen MR) is 73.9 cm³/mol. The lowest BCUT2D eigenvalue weighted by molar-refractivity contribution is -0.149. The van der Waals surface area contributed by atoms with Gasteiger partial charge in [0.25, 0.3) is 0 Å². The average Bonchev–Trinajstić information content (AvgIpc) is 2.47. The molecule has 0 heterocycles. The molecule has 0 saturated heterocycles. The van der Waals surface area contributed by atoms with Crippen LogP contribution in [0.5, 0.6) is 0 Å². The van der Waals surface area contributed by atoms with Gasteiger partial charge in [-0.1, -0.05) is 0 Å². The number of ether oxygens (including phenoxy) is 2. The molecule has 1 unspecified atom stereocenters. The van der Waals surface area contributed by atoms with Crippen LogP contribution in [-0.2, 0) is 29.1 Å². The molecule has 0 amide bonds. The fourth-order valence-corrected chi connectivity index (χ4v) is 2.87. The van der Waals surface area contributed by atoms with E-state index in [1.54, 1.807) is 0 Å². The zero-order valence-electron chi connectivity index (χ0n) is 12.3. The number of hydrogen-bond donors (Lipinski definition) is 1. The minimum Gasteiger partial charge on any atom is -0.469 e. The second-order valence-corrected chi connectivity index (χ2v) is 6.10. The molecular weight excluding hydrogens is 317 g/mol. The molecule has 1 N–H and O–H groups in total. The van der Waals surface area contributed by atoms with Gasteiger partial charge in [0.1, 0.15) is 11.9 Å². The van der Waals surface area contributed by atoms with Crippen molar-refractivity contribution in [3.05, 3.63) is 29.6 Å². The average molecular weight is 333 g/mol. The first-order valence-corrected chi connectivity index (χ1v) is 7.62. The van der Waals surface area contributed by atoms with E-state index in [0.29, 0.717) is 0 Å². The maximum atomic E-state index is 13.2. The molecule has 122 valence electrons. The van der Waals surface area contributed by atoms with Crippen molar-refractivity contribution in [1.82, 2.24) is 4.72 Å². The van der Waals surface area contributed by atoms with Gasteiger partial charge in [-0.25, -0.2) is 12.8 Å². The molecule has 0 aliphatic heterocycles. The number of carbonyl (C=O) groups excluding carboxylic acids is 2. The molecule has 1 aromatic rings. The molecule has 0 radical (unpaired) electrons. The Bertz CT molecular complexity index is 673. The van der Waals surface area contributed by atoms with Gasteiger partial charge in [-0.15, -0.1) is 0 Å². The Morgan fingerprint density at radius 3 is 2.41 bits per heavy atom. The Morgan fingerprint density at radius 2 is 1.91 bits per heavy atom. The lowest BCUT2D eigenvalue weighted by atomic mass is 10.2. The van der Waals surface area contributed by atoms with Gasteiger partial charge in [-0.05, 0) is 30.7 Å². The molecule has 0 aliphatic rings. The Morgan fingerprint density at radius 1 is 1.27 bits per heavy atom. The number of carbonyl (C=O) groups is 2. The number of nitrogens with one attached hydrogen (secondary N) is 1. The summed E-state index contributed by atoms with van der Waals surface area (Å²) in [7, 11) is -1.97. The van der Waals surface area contributed by atoms with Gasteiger partial charge in [-0.2, -0.15) is 4.72 Å². The Hall–Kier alpha value is -2.00. The van der Waals surface area contributed by atoms with Crippen LogP contribution in [0.25, 0.3) is 0 Å². The largest absolute Gasteiger partial charge is 0.469 e. The van der Waals surface area contributed by atoms with E-state index in [9.17, 15) is 22.4 Å². The van der Waals surface area contributed by atoms with Gasteiger partial charge in [0.05, 0.1) is 25.5 Å². The number of methoxy groups -OCH3 is 2. The number of esters is 2. The molecule has 0 spiro atoms. The lowest BCUT2D eigenvalue weighted by Gasteiger charge is -2.15. The van der Waals surface area contributed by atoms with Crippen molar-refractivity contribution >= 4 is 22.0 Å². The second-order valence-electron chi connectivity index (χ2n) is 4.39. The Kier molecular flexibility index (Phi) is 6.01. The summed E-state index contributed by atoms with van der Waals surface area (Å²) in [6.45, 7) is 1.40. The van der Waals surface area contributed by atoms with Crippen molar-refractivity contribution in [3.8, 4) is 0 Å². The van der Waals surface area contributed by atoms with Crippen molar-refractivity contribution in [3.63, 3.8) is 0 Å². The zero-order chi connectivity index (χ0) is 16.9. The summed E-state index contributed by atoms with van der Waals surface area (Å²) in [5.41, 5.74) is 0.130. The zero-order valence-corrected chi connectivity index (χ0v) is 13.1. The van der Waals surface area contributed by atoms with E-state index in [2.05, 4.69) is 9.47 Å². The highest BCUT2D eigenvalue weighted by Gasteiger charge is 2.29. The van der Waals surface area contributed by atoms with Crippen molar-refractivity contribution < 1.29 is 31.9 Å². The molecule has 7 nitrogen and oxygen atoms in total. The van der Waals surface area contributed by atoms with Crippen LogP contribution in [0, 0.1) is 12.7 Å². The molecule has 9 heteroatoms. The van der Waals surface area contributed by atoms with Gasteiger partial charge in [-0.3, -0.25) is 9.59 Å². The van der Waals surface area contributed by atoms with Crippen LogP contribution >= 0.6 is 0 Å². The summed E-state index contributed by atoms with van der Waals surface area (Å²) in [6.07, 6.45) is -0.525. The number of rotatable bonds is 6. The summed E-state index contributed by atoms with van der Waals surface area (Å²) in [6, 6.07) is 1.73. The first-order valence-electron chi connectivity index (χ1n) is 6.14. The summed E-state index contributed by atoms with van der Waals surface area (Å²) in [5.74, 6) is -2.28. The summed E-state index contributed by atoms with van der Waals surface area (Å²) < 4.78 is 48.5. The van der Waals surface area contributed by atoms with E-state index in [1.165, 1.54) is 6.92 Å². The van der Waals surface area contributed by atoms with E-state index >= 15 is 0 Å². The van der Waals surface area contributed by atoms with Crippen LogP contribution in [0.1, 0.15) is 12.0 Å². The van der Waals surface area contributed by atoms with Crippen molar-refractivity contribution in [1.29, 1.82) is 0 Å². The third kappa shape index (κ3) is 4.50. The SMILES string of the molecule is COC(=O)CC(NS(=O)(=O)c1ccc(F)c(C)c1)C(=O)OC. The van der Waals surface area contributed by atoms with Crippen LogP contribution in [0.4, 0.5) is 4.39 Å². The first-order chi connectivity index (χ1) is 10.2. The molecule has 0 aliphatic carbocycles. The highest BCUT2D eigenvalue weighted by atomic mass is 32.2. The molecule has 1 rings (SSSR count). The van der Waals surface area contributed by atoms with Crippen LogP contribution in [0.2, 0.25) is 0 Å². The van der Waals surface area contributed by atoms with Crippen molar-refractivity contribution in [2.24, 2.45) is 0 Å². The maximum Gasteiger partial charge on any atom is 0.324 e. The molecule has 0 aromatic heterocycles. The van der Waals surface area contributed by atoms with Gasteiger partial charge in [0.15, 0.2) is 0 Å². The fraction of sp³-hybridized carbons (Fsp3) is 0.385. The Balaban J connectivity index is 3.06. The molecule has 1 atom stereocenters. The molecule has 0 bridgehead atoms. The minimum absolute atomic E-state index is 0.130. The summed E-state index contributed by atoms with van der Waals surface area (Å²) in [5, 5.41) is 0. The highest BCUT2D eigenvalue weighted by Crippen LogP contribution is 2.15. The van der Waals surface area contributed by atoms with Crippen LogP contribution in [-0.4, -0.2) is 40.6 Å². The maximum absolute atomic E-state index is 13.2. The molecule has 0 fully saturated rings. The number of halogens is 1. The smallest absolute Gasteiger partial charge is 0.324 e. The number of aryl methyl sites for hydroxylation is 1. The van der Waals surface area contributed by atoms with Crippen LogP contribution in [0.3, 0.4) is 0 Å². The van der Waals surface area contributed by atoms with E-state index in [1.807, 2.05) is 4.72 Å². The normalized spacial score (nSPS) is 12.5. The molecular formula is C13H16FNO6S. The Labute approximate surface area is 127 Å². The quantitative estimate of drug-likeness (QED) is 0.762. The van der Waals surface area contributed by atoms with Crippen LogP contribution < -0.4 is 4.72 Å². The first kappa shape index (κ1) is 18.1. The molecule has 22 heavy (non-hydrogen) atoms. The third-order valence-corrected chi connectivity index (χ3v) is 4.29. The van der Waals surface area contributed by atoms with Gasteiger partial charge in [0.2, 0.25) is 10.0 Å². The minimum atomic E-state index is -4.13. The van der Waals surface area contributed by atoms with E-state index in [-0.39, 0.29) is 10.5 Å². The topological polar surface area (TPSA) is 98.8 Å². The van der Waals surface area contributed by atoms with Gasteiger partial charge in [0, 0.05) is 0 Å². The summed E-state index contributed by atoms with van der Waals surface area (Å²) in [4.78, 5) is 22.6. The third-order valence-electron chi connectivity index (χ3n) is 2.82. The van der Waals surface area contributed by atoms with E-state index < -0.39 is 40.2 Å². The monoisotopic (exact) mass is 333 g/mol. The number of sulfonamides is 1. The lowest BCUT2D eigenvalue weighted by Crippen LogP contribution is -2.43. The summed E-state index contributed by atoms with van der Waals surface area (Å²) >= 11 is 0. The van der Waals surface area contributed by atoms with E-state index in [4.69, 9.17) is 0 Å². The number of hydrogen-bond acceptors (Lipinski definition) is 6. The fourth-order valence-electron chi connectivity index (χ4n) is 1.61. The molecule has 0 saturated carbocycles. The predicted octanol–water partition coefficient (Wildman–Crippen LogP) is 0.517. The van der Waals surface area contributed by atoms with Crippen LogP contribution in [0.15, 0.2) is 23.1 Å².